The maximum absolute atomic E-state index is 6.69. The van der Waals surface area contributed by atoms with Crippen molar-refractivity contribution in [3.63, 3.8) is 0 Å². The Bertz CT molecular complexity index is 2680. The van der Waals surface area contributed by atoms with E-state index < -0.39 is 0 Å². The Morgan fingerprint density at radius 2 is 1.33 bits per heavy atom. The minimum absolute atomic E-state index is 0.0856. The van der Waals surface area contributed by atoms with Crippen molar-refractivity contribution in [2.24, 2.45) is 0 Å². The van der Waals surface area contributed by atoms with E-state index in [1.165, 1.54) is 33.0 Å². The molecule has 10 rings (SSSR count). The summed E-state index contributed by atoms with van der Waals surface area (Å²) >= 11 is 0. The number of nitrogens with zero attached hydrogens (tertiary/aromatic N) is 3. The normalized spacial score (nSPS) is 13.7. The maximum Gasteiger partial charge on any atom is 0.236 e. The Hall–Kier alpha value is -5.74. The van der Waals surface area contributed by atoms with Crippen LogP contribution < -0.4 is 0 Å². The molecule has 45 heavy (non-hydrogen) atoms. The van der Waals surface area contributed by atoms with Crippen LogP contribution in [0.3, 0.4) is 0 Å². The van der Waals surface area contributed by atoms with Crippen molar-refractivity contribution in [3.05, 3.63) is 139 Å². The van der Waals surface area contributed by atoms with E-state index in [-0.39, 0.29) is 5.41 Å². The van der Waals surface area contributed by atoms with Gasteiger partial charge in [-0.05, 0) is 45.8 Å². The first-order valence-corrected chi connectivity index (χ1v) is 15.4. The van der Waals surface area contributed by atoms with Crippen molar-refractivity contribution < 1.29 is 4.42 Å². The Morgan fingerprint density at radius 1 is 0.578 bits per heavy atom. The van der Waals surface area contributed by atoms with Gasteiger partial charge in [0.05, 0.1) is 11.0 Å². The van der Waals surface area contributed by atoms with Gasteiger partial charge in [0, 0.05) is 32.5 Å². The quantitative estimate of drug-likeness (QED) is 0.205. The van der Waals surface area contributed by atoms with Gasteiger partial charge in [-0.15, -0.1) is 0 Å². The summed E-state index contributed by atoms with van der Waals surface area (Å²) in [5.74, 6) is 0.633. The number of hydrogen-bond donors (Lipinski definition) is 0. The molecule has 1 aliphatic carbocycles. The Balaban J connectivity index is 1.36. The van der Waals surface area contributed by atoms with Crippen molar-refractivity contribution in [2.45, 2.75) is 19.3 Å². The summed E-state index contributed by atoms with van der Waals surface area (Å²) in [7, 11) is 0. The highest BCUT2D eigenvalue weighted by Crippen LogP contribution is 2.53. The van der Waals surface area contributed by atoms with Crippen molar-refractivity contribution in [3.8, 4) is 28.3 Å². The van der Waals surface area contributed by atoms with Crippen LogP contribution in [0.1, 0.15) is 25.0 Å². The summed E-state index contributed by atoms with van der Waals surface area (Å²) in [5, 5.41) is 5.64. The number of rotatable bonds is 2. The van der Waals surface area contributed by atoms with E-state index in [4.69, 9.17) is 14.4 Å². The van der Waals surface area contributed by atoms with Gasteiger partial charge in [0.1, 0.15) is 16.8 Å². The molecule has 0 fully saturated rings. The van der Waals surface area contributed by atoms with Gasteiger partial charge in [0.25, 0.3) is 0 Å². The van der Waals surface area contributed by atoms with Gasteiger partial charge in [-0.3, -0.25) is 4.57 Å². The van der Waals surface area contributed by atoms with Gasteiger partial charge in [0.2, 0.25) is 5.95 Å². The van der Waals surface area contributed by atoms with Crippen LogP contribution in [-0.4, -0.2) is 14.5 Å². The molecule has 0 saturated carbocycles. The molecule has 0 amide bonds. The molecule has 0 unspecified atom stereocenters. The zero-order chi connectivity index (χ0) is 29.9. The van der Waals surface area contributed by atoms with Gasteiger partial charge in [0.15, 0.2) is 5.58 Å². The lowest BCUT2D eigenvalue weighted by Gasteiger charge is -2.21. The van der Waals surface area contributed by atoms with Gasteiger partial charge >= 0.3 is 0 Å². The van der Waals surface area contributed by atoms with Crippen molar-refractivity contribution in [1.82, 2.24) is 14.5 Å². The van der Waals surface area contributed by atoms with Gasteiger partial charge < -0.3 is 4.42 Å². The first-order chi connectivity index (χ1) is 22.1. The van der Waals surface area contributed by atoms with Crippen molar-refractivity contribution in [2.75, 3.05) is 0 Å². The highest BCUT2D eigenvalue weighted by Gasteiger charge is 2.37. The van der Waals surface area contributed by atoms with Gasteiger partial charge in [-0.1, -0.05) is 123 Å². The van der Waals surface area contributed by atoms with Crippen LogP contribution in [0.25, 0.3) is 83.0 Å². The molecule has 9 aromatic rings. The molecule has 3 aromatic heterocycles. The van der Waals surface area contributed by atoms with E-state index in [1.54, 1.807) is 0 Å². The lowest BCUT2D eigenvalue weighted by molar-refractivity contribution is 0.661. The molecule has 6 aromatic carbocycles. The molecule has 212 valence electrons. The number of fused-ring (bicyclic) bond motifs is 12. The summed E-state index contributed by atoms with van der Waals surface area (Å²) in [4.78, 5) is 10.6. The van der Waals surface area contributed by atoms with E-state index in [1.807, 2.05) is 18.2 Å². The van der Waals surface area contributed by atoms with E-state index in [2.05, 4.69) is 128 Å². The summed E-state index contributed by atoms with van der Waals surface area (Å²) in [6.07, 6.45) is 0. The Labute approximate surface area is 259 Å². The molecule has 4 nitrogen and oxygen atoms in total. The fourth-order valence-corrected chi connectivity index (χ4v) is 7.72. The minimum Gasteiger partial charge on any atom is -0.451 e. The average Bonchev–Trinajstić information content (AvgIpc) is 3.71. The van der Waals surface area contributed by atoms with E-state index in [0.29, 0.717) is 11.5 Å². The van der Waals surface area contributed by atoms with Crippen LogP contribution in [-0.2, 0) is 5.41 Å². The molecule has 0 saturated heterocycles. The second-order valence-electron chi connectivity index (χ2n) is 12.6. The summed E-state index contributed by atoms with van der Waals surface area (Å²) in [6.45, 7) is 4.67. The van der Waals surface area contributed by atoms with E-state index in [9.17, 15) is 0 Å². The number of benzene rings is 6. The summed E-state index contributed by atoms with van der Waals surface area (Å²) in [5.41, 5.74) is 11.6. The third-order valence-electron chi connectivity index (χ3n) is 9.82. The topological polar surface area (TPSA) is 43.9 Å². The predicted octanol–water partition coefficient (Wildman–Crippen LogP) is 10.6. The second kappa shape index (κ2) is 8.67. The summed E-state index contributed by atoms with van der Waals surface area (Å²) in [6, 6.07) is 45.0. The molecular weight excluding hydrogens is 550 g/mol. The smallest absolute Gasteiger partial charge is 0.236 e. The molecule has 0 radical (unpaired) electrons. The molecule has 0 atom stereocenters. The fraction of sp³-hybridized carbons (Fsp3) is 0.0732. The summed E-state index contributed by atoms with van der Waals surface area (Å²) < 4.78 is 8.93. The molecule has 0 aliphatic heterocycles. The third-order valence-corrected chi connectivity index (χ3v) is 9.82. The van der Waals surface area contributed by atoms with Crippen molar-refractivity contribution >= 4 is 54.6 Å². The molecule has 0 spiro atoms. The number of para-hydroxylation sites is 1. The minimum atomic E-state index is -0.0856. The lowest BCUT2D eigenvalue weighted by Crippen LogP contribution is -2.14. The maximum atomic E-state index is 6.69. The molecular formula is C41H27N3O. The van der Waals surface area contributed by atoms with Crippen LogP contribution in [0, 0.1) is 0 Å². The van der Waals surface area contributed by atoms with Crippen molar-refractivity contribution in [1.29, 1.82) is 0 Å². The van der Waals surface area contributed by atoms with Crippen LogP contribution >= 0.6 is 0 Å². The molecule has 4 heteroatoms. The standard InChI is InChI=1S/C41H27N3O/c1-41(2)30-18-10-8-16-27(30)34-31(41)22-23-33-35(34)28-17-9-11-19-32(28)44(33)40-42-36(25-13-4-3-5-14-25)39-37(43-40)29-21-20-24-12-6-7-15-26(24)38(29)45-39/h3-23H,1-2H3. The molecule has 1 aliphatic rings. The molecule has 3 heterocycles. The predicted molar refractivity (Wildman–Crippen MR) is 184 cm³/mol. The first-order valence-electron chi connectivity index (χ1n) is 15.4. The monoisotopic (exact) mass is 577 g/mol. The Kier molecular flexibility index (Phi) is 4.76. The molecule has 0 bridgehead atoms. The van der Waals surface area contributed by atoms with Crippen LogP contribution in [0.4, 0.5) is 0 Å². The number of hydrogen-bond acceptors (Lipinski definition) is 3. The largest absolute Gasteiger partial charge is 0.451 e. The van der Waals surface area contributed by atoms with E-state index >= 15 is 0 Å². The fourth-order valence-electron chi connectivity index (χ4n) is 7.72. The Morgan fingerprint density at radius 3 is 2.22 bits per heavy atom. The van der Waals surface area contributed by atoms with E-state index in [0.717, 1.165) is 49.5 Å². The number of furan rings is 1. The average molecular weight is 578 g/mol. The van der Waals surface area contributed by atoms with Gasteiger partial charge in [-0.25, -0.2) is 9.97 Å². The first kappa shape index (κ1) is 24.7. The van der Waals surface area contributed by atoms with Crippen LogP contribution in [0.15, 0.2) is 132 Å². The zero-order valence-electron chi connectivity index (χ0n) is 24.9. The highest BCUT2D eigenvalue weighted by molar-refractivity contribution is 6.18. The second-order valence-corrected chi connectivity index (χ2v) is 12.6. The van der Waals surface area contributed by atoms with Gasteiger partial charge in [-0.2, -0.15) is 0 Å². The SMILES string of the molecule is CC1(C)c2ccccc2-c2c1ccc1c2c2ccccc2n1-c1nc(-c2ccccc2)c2oc3c4ccccc4ccc3c2n1. The zero-order valence-corrected chi connectivity index (χ0v) is 24.9. The van der Waals surface area contributed by atoms with Crippen LogP contribution in [0.5, 0.6) is 0 Å². The molecule has 0 N–H and O–H groups in total. The third kappa shape index (κ3) is 3.21. The van der Waals surface area contributed by atoms with Crippen LogP contribution in [0.2, 0.25) is 0 Å². The lowest BCUT2D eigenvalue weighted by atomic mass is 9.82. The highest BCUT2D eigenvalue weighted by atomic mass is 16.3. The number of aromatic nitrogens is 3.